The van der Waals surface area contributed by atoms with Crippen molar-refractivity contribution in [3.8, 4) is 6.07 Å². The highest BCUT2D eigenvalue weighted by atomic mass is 35.5. The van der Waals surface area contributed by atoms with Crippen LogP contribution in [0.2, 0.25) is 10.0 Å². The molecule has 1 aliphatic carbocycles. The maximum absolute atomic E-state index is 11.0. The minimum Gasteiger partial charge on any atom is -0.300 e. The Morgan fingerprint density at radius 3 is 2.20 bits per heavy atom. The van der Waals surface area contributed by atoms with E-state index < -0.39 is 5.41 Å². The van der Waals surface area contributed by atoms with E-state index in [-0.39, 0.29) is 18.6 Å². The number of carbonyl (C=O) groups is 1. The number of hydrogen-bond acceptors (Lipinski definition) is 2. The Labute approximate surface area is 97.4 Å². The molecule has 0 heterocycles. The average molecular weight is 240 g/mol. The number of rotatable bonds is 1. The van der Waals surface area contributed by atoms with Crippen LogP contribution in [0.15, 0.2) is 18.2 Å². The van der Waals surface area contributed by atoms with Crippen LogP contribution in [0.1, 0.15) is 18.4 Å². The molecule has 2 nitrogen and oxygen atoms in total. The molecule has 4 heteroatoms. The second-order valence-corrected chi connectivity index (χ2v) is 4.50. The highest BCUT2D eigenvalue weighted by Gasteiger charge is 2.47. The molecule has 2 rings (SSSR count). The molecule has 0 radical (unpaired) electrons. The van der Waals surface area contributed by atoms with Gasteiger partial charge in [-0.05, 0) is 12.1 Å². The van der Waals surface area contributed by atoms with E-state index in [1.165, 1.54) is 0 Å². The second-order valence-electron chi connectivity index (χ2n) is 3.68. The Kier molecular flexibility index (Phi) is 2.46. The van der Waals surface area contributed by atoms with Crippen LogP contribution >= 0.6 is 23.2 Å². The molecule has 0 spiro atoms. The molecule has 1 saturated carbocycles. The van der Waals surface area contributed by atoms with Gasteiger partial charge in [-0.1, -0.05) is 29.3 Å². The van der Waals surface area contributed by atoms with Gasteiger partial charge in [0.2, 0.25) is 0 Å². The van der Waals surface area contributed by atoms with Gasteiger partial charge in [0.25, 0.3) is 0 Å². The van der Waals surface area contributed by atoms with E-state index in [2.05, 4.69) is 6.07 Å². The summed E-state index contributed by atoms with van der Waals surface area (Å²) in [6.07, 6.45) is 0.430. The zero-order valence-corrected chi connectivity index (χ0v) is 9.27. The third-order valence-corrected chi connectivity index (χ3v) is 3.28. The second kappa shape index (κ2) is 3.52. The highest BCUT2D eigenvalue weighted by molar-refractivity contribution is 6.36. The number of carbonyl (C=O) groups excluding carboxylic acids is 1. The lowest BCUT2D eigenvalue weighted by molar-refractivity contribution is -0.126. The Hall–Kier alpha value is -1.04. The Morgan fingerprint density at radius 2 is 1.80 bits per heavy atom. The van der Waals surface area contributed by atoms with Gasteiger partial charge in [-0.2, -0.15) is 5.26 Å². The van der Waals surface area contributed by atoms with Gasteiger partial charge in [-0.25, -0.2) is 0 Å². The molecule has 0 bridgehead atoms. The molecule has 15 heavy (non-hydrogen) atoms. The number of Topliss-reactive ketones (excluding diaryl/α,β-unsaturated/α-hetero) is 1. The molecule has 0 atom stereocenters. The van der Waals surface area contributed by atoms with Gasteiger partial charge in [0.05, 0.1) is 11.5 Å². The van der Waals surface area contributed by atoms with Crippen molar-refractivity contribution in [3.63, 3.8) is 0 Å². The number of hydrogen-bond donors (Lipinski definition) is 0. The van der Waals surface area contributed by atoms with Gasteiger partial charge in [-0.3, -0.25) is 4.79 Å². The van der Waals surface area contributed by atoms with Crippen LogP contribution in [0.4, 0.5) is 0 Å². The summed E-state index contributed by atoms with van der Waals surface area (Å²) in [6.45, 7) is 0. The summed E-state index contributed by atoms with van der Waals surface area (Å²) in [6, 6.07) is 7.25. The number of halogens is 2. The first-order valence-electron chi connectivity index (χ1n) is 4.46. The average Bonchev–Trinajstić information content (AvgIpc) is 2.14. The van der Waals surface area contributed by atoms with Gasteiger partial charge in [0.1, 0.15) is 5.78 Å². The van der Waals surface area contributed by atoms with Crippen LogP contribution in [0.5, 0.6) is 0 Å². The van der Waals surface area contributed by atoms with E-state index >= 15 is 0 Å². The van der Waals surface area contributed by atoms with Crippen molar-refractivity contribution in [2.45, 2.75) is 18.3 Å². The fraction of sp³-hybridized carbons (Fsp3) is 0.273. The Balaban J connectivity index is 2.54. The van der Waals surface area contributed by atoms with Crippen LogP contribution in [0.25, 0.3) is 0 Å². The van der Waals surface area contributed by atoms with E-state index in [0.717, 1.165) is 0 Å². The summed E-state index contributed by atoms with van der Waals surface area (Å²) in [7, 11) is 0. The number of nitriles is 1. The zero-order chi connectivity index (χ0) is 11.1. The van der Waals surface area contributed by atoms with Crippen molar-refractivity contribution in [2.24, 2.45) is 0 Å². The van der Waals surface area contributed by atoms with Crippen LogP contribution in [0, 0.1) is 11.3 Å². The fourth-order valence-corrected chi connectivity index (χ4v) is 2.65. The van der Waals surface area contributed by atoms with E-state index in [1.54, 1.807) is 18.2 Å². The van der Waals surface area contributed by atoms with Crippen LogP contribution in [-0.2, 0) is 10.2 Å². The largest absolute Gasteiger partial charge is 0.300 e. The predicted molar refractivity (Wildman–Crippen MR) is 58.0 cm³/mol. The van der Waals surface area contributed by atoms with E-state index in [9.17, 15) is 4.79 Å². The summed E-state index contributed by atoms with van der Waals surface area (Å²) in [5.74, 6) is 0.0764. The molecule has 0 saturated heterocycles. The SMILES string of the molecule is N#CC1(c2c(Cl)cccc2Cl)CC(=O)C1. The Bertz CT molecular complexity index is 448. The Morgan fingerprint density at radius 1 is 1.27 bits per heavy atom. The minimum atomic E-state index is -0.799. The molecule has 0 aliphatic heterocycles. The molecular weight excluding hydrogens is 233 g/mol. The van der Waals surface area contributed by atoms with E-state index in [1.807, 2.05) is 0 Å². The monoisotopic (exact) mass is 239 g/mol. The normalized spacial score (nSPS) is 18.1. The highest BCUT2D eigenvalue weighted by Crippen LogP contribution is 2.46. The number of nitrogens with zero attached hydrogens (tertiary/aromatic N) is 1. The topological polar surface area (TPSA) is 40.9 Å². The van der Waals surface area contributed by atoms with Gasteiger partial charge < -0.3 is 0 Å². The molecule has 0 amide bonds. The zero-order valence-electron chi connectivity index (χ0n) is 7.76. The summed E-state index contributed by atoms with van der Waals surface area (Å²) in [5.41, 5.74) is -0.206. The lowest BCUT2D eigenvalue weighted by Gasteiger charge is -2.35. The maximum Gasteiger partial charge on any atom is 0.136 e. The minimum absolute atomic E-state index is 0.0764. The van der Waals surface area contributed by atoms with Crippen molar-refractivity contribution in [3.05, 3.63) is 33.8 Å². The van der Waals surface area contributed by atoms with E-state index in [4.69, 9.17) is 28.5 Å². The third kappa shape index (κ3) is 1.52. The van der Waals surface area contributed by atoms with Crippen LogP contribution < -0.4 is 0 Å². The first-order chi connectivity index (χ1) is 7.09. The van der Waals surface area contributed by atoms with Gasteiger partial charge >= 0.3 is 0 Å². The van der Waals surface area contributed by atoms with Crippen molar-refractivity contribution in [1.29, 1.82) is 5.26 Å². The quantitative estimate of drug-likeness (QED) is 0.756. The fourth-order valence-electron chi connectivity index (χ4n) is 1.89. The summed E-state index contributed by atoms with van der Waals surface area (Å²) in [5, 5.41) is 10.0. The summed E-state index contributed by atoms with van der Waals surface area (Å²) >= 11 is 12.0. The van der Waals surface area contributed by atoms with Crippen LogP contribution in [-0.4, -0.2) is 5.78 Å². The molecule has 0 N–H and O–H groups in total. The first-order valence-corrected chi connectivity index (χ1v) is 5.22. The number of benzene rings is 1. The standard InChI is InChI=1S/C11H7Cl2NO/c12-8-2-1-3-9(13)10(8)11(6-14)4-7(15)5-11/h1-3H,4-5H2. The summed E-state index contributed by atoms with van der Waals surface area (Å²) < 4.78 is 0. The molecule has 1 aromatic rings. The molecule has 1 aliphatic rings. The predicted octanol–water partition coefficient (Wildman–Crippen LogP) is 3.12. The number of ketones is 1. The molecule has 1 fully saturated rings. The third-order valence-electron chi connectivity index (χ3n) is 2.65. The van der Waals surface area contributed by atoms with Gasteiger partial charge in [0.15, 0.2) is 0 Å². The maximum atomic E-state index is 11.0. The smallest absolute Gasteiger partial charge is 0.136 e. The summed E-state index contributed by atoms with van der Waals surface area (Å²) in [4.78, 5) is 11.0. The lowest BCUT2D eigenvalue weighted by atomic mass is 9.64. The molecule has 0 aromatic heterocycles. The lowest BCUT2D eigenvalue weighted by Crippen LogP contribution is -2.40. The van der Waals surface area contributed by atoms with Crippen LogP contribution in [0.3, 0.4) is 0 Å². The first kappa shape index (κ1) is 10.5. The van der Waals surface area contributed by atoms with Crippen molar-refractivity contribution < 1.29 is 4.79 Å². The molecule has 1 aromatic carbocycles. The molecule has 76 valence electrons. The van der Waals surface area contributed by atoms with Crippen molar-refractivity contribution in [1.82, 2.24) is 0 Å². The van der Waals surface area contributed by atoms with Crippen molar-refractivity contribution in [2.75, 3.05) is 0 Å². The van der Waals surface area contributed by atoms with Gasteiger partial charge in [-0.15, -0.1) is 0 Å². The van der Waals surface area contributed by atoms with Crippen molar-refractivity contribution >= 4 is 29.0 Å². The van der Waals surface area contributed by atoms with Gasteiger partial charge in [0, 0.05) is 28.5 Å². The molecular formula is C11H7Cl2NO. The molecule has 0 unspecified atom stereocenters. The van der Waals surface area contributed by atoms with E-state index in [0.29, 0.717) is 15.6 Å².